The first kappa shape index (κ1) is 23.1. The van der Waals surface area contributed by atoms with Gasteiger partial charge in [0.2, 0.25) is 0 Å². The maximum Gasteiger partial charge on any atom is 0.352 e. The van der Waals surface area contributed by atoms with Gasteiger partial charge in [-0.15, -0.1) is 23.1 Å². The molecule has 3 aliphatic heterocycles. The predicted molar refractivity (Wildman–Crippen MR) is 131 cm³/mol. The molecule has 2 fully saturated rings. The lowest BCUT2D eigenvalue weighted by Gasteiger charge is -2.49. The van der Waals surface area contributed by atoms with Crippen molar-refractivity contribution in [3.05, 3.63) is 34.5 Å². The van der Waals surface area contributed by atoms with Gasteiger partial charge in [0, 0.05) is 34.5 Å². The molecule has 5 heterocycles. The Kier molecular flexibility index (Phi) is 5.60. The SMILES string of the molecule is Nc1cc(N)nc(N2SC2C2=C(C(=O)O)N3C(=O)[C@@H](NC(=O)C(=NO)c4csc(N)n4)[C@@H]3SC2)c1. The van der Waals surface area contributed by atoms with Crippen molar-refractivity contribution >= 4 is 81.0 Å². The van der Waals surface area contributed by atoms with Crippen molar-refractivity contribution in [1.29, 1.82) is 0 Å². The number of carbonyl (C=O) groups excluding carboxylic acids is 2. The molecule has 0 saturated carbocycles. The third-order valence-corrected chi connectivity index (χ3v) is 8.41. The van der Waals surface area contributed by atoms with Crippen LogP contribution in [-0.2, 0) is 14.4 Å². The fraction of sp³-hybridized carbons (Fsp3) is 0.222. The summed E-state index contributed by atoms with van der Waals surface area (Å²) in [6.45, 7) is 0. The lowest BCUT2D eigenvalue weighted by atomic mass is 10.0. The van der Waals surface area contributed by atoms with E-state index in [-0.39, 0.29) is 27.7 Å². The van der Waals surface area contributed by atoms with Crippen molar-refractivity contribution < 1.29 is 24.7 Å². The first-order chi connectivity index (χ1) is 16.7. The summed E-state index contributed by atoms with van der Waals surface area (Å²) in [7, 11) is 0. The highest BCUT2D eigenvalue weighted by molar-refractivity contribution is 8.09. The number of nitrogens with one attached hydrogen (secondary N) is 1. The van der Waals surface area contributed by atoms with E-state index >= 15 is 0 Å². The minimum atomic E-state index is -1.26. The Bertz CT molecular complexity index is 1310. The molecule has 14 nitrogen and oxygen atoms in total. The highest BCUT2D eigenvalue weighted by atomic mass is 32.2. The van der Waals surface area contributed by atoms with Crippen molar-refractivity contribution in [2.45, 2.75) is 16.8 Å². The van der Waals surface area contributed by atoms with E-state index in [4.69, 9.17) is 17.2 Å². The van der Waals surface area contributed by atoms with Crippen LogP contribution < -0.4 is 26.8 Å². The van der Waals surface area contributed by atoms with Crippen LogP contribution in [0.3, 0.4) is 0 Å². The number of oxime groups is 1. The number of fused-ring (bicyclic) bond motifs is 1. The van der Waals surface area contributed by atoms with Gasteiger partial charge in [0.05, 0.1) is 0 Å². The number of thioether (sulfide) groups is 1. The molecule has 2 aromatic rings. The number of rotatable bonds is 6. The summed E-state index contributed by atoms with van der Waals surface area (Å²) < 4.78 is 1.76. The third kappa shape index (κ3) is 3.96. The zero-order valence-electron chi connectivity index (χ0n) is 17.5. The average molecular weight is 536 g/mol. The number of nitrogen functional groups attached to an aromatic ring is 3. The molecular formula is C18H17N9O5S3. The van der Waals surface area contributed by atoms with Crippen LogP contribution in [0, 0.1) is 0 Å². The Hall–Kier alpha value is -3.70. The second kappa shape index (κ2) is 8.51. The highest BCUT2D eigenvalue weighted by Gasteiger charge is 2.57. The Labute approximate surface area is 209 Å². The Morgan fingerprint density at radius 1 is 1.23 bits per heavy atom. The quantitative estimate of drug-likeness (QED) is 0.0698. The fourth-order valence-corrected chi connectivity index (χ4v) is 6.74. The van der Waals surface area contributed by atoms with Crippen LogP contribution >= 0.6 is 35.0 Å². The van der Waals surface area contributed by atoms with Gasteiger partial charge in [-0.25, -0.2) is 14.8 Å². The van der Waals surface area contributed by atoms with Gasteiger partial charge in [-0.1, -0.05) is 5.16 Å². The largest absolute Gasteiger partial charge is 0.477 e. The molecule has 9 N–H and O–H groups in total. The predicted octanol–water partition coefficient (Wildman–Crippen LogP) is -0.304. The number of carboxylic acid groups (broad SMARTS) is 1. The standard InChI is InChI=1S/C18H17N9O5S3/c19-5-1-8(20)23-9(2-5)27-15(35-27)6-3-33-16-11(14(29)26(16)12(6)17(30)31)24-13(28)10(25-32)7-4-34-18(21)22-7/h1-2,4,11,15-16,32H,3H2,(H2,21,22)(H,24,28)(H,30,31)(H4,19,20,23)/t11-,15?,16+,27?/m1/s1. The third-order valence-electron chi connectivity index (χ3n) is 5.33. The lowest BCUT2D eigenvalue weighted by Crippen LogP contribution is -2.71. The minimum Gasteiger partial charge on any atom is -0.477 e. The van der Waals surface area contributed by atoms with Gasteiger partial charge in [-0.05, 0) is 11.9 Å². The Balaban J connectivity index is 1.34. The molecule has 2 aromatic heterocycles. The zero-order valence-corrected chi connectivity index (χ0v) is 19.9. The first-order valence-electron chi connectivity index (χ1n) is 9.84. The van der Waals surface area contributed by atoms with E-state index < -0.39 is 34.9 Å². The van der Waals surface area contributed by atoms with Crippen molar-refractivity contribution in [1.82, 2.24) is 20.2 Å². The van der Waals surface area contributed by atoms with Gasteiger partial charge in [-0.3, -0.25) is 18.8 Å². The number of carboxylic acids is 1. The minimum absolute atomic E-state index is 0.0578. The van der Waals surface area contributed by atoms with Gasteiger partial charge in [0.25, 0.3) is 11.8 Å². The summed E-state index contributed by atoms with van der Waals surface area (Å²) in [4.78, 5) is 47.0. The highest BCUT2D eigenvalue weighted by Crippen LogP contribution is 2.53. The molecule has 5 rings (SSSR count). The number of hydrogen-bond donors (Lipinski definition) is 6. The number of anilines is 4. The number of β-lactam (4-membered cyclic amide) rings is 1. The molecule has 35 heavy (non-hydrogen) atoms. The topological polar surface area (TPSA) is 226 Å². The summed E-state index contributed by atoms with van der Waals surface area (Å²) in [6.07, 6.45) is 0. The second-order valence-electron chi connectivity index (χ2n) is 7.53. The van der Waals surface area contributed by atoms with Gasteiger partial charge >= 0.3 is 5.97 Å². The number of amides is 2. The molecule has 1 unspecified atom stereocenters. The second-order valence-corrected chi connectivity index (χ2v) is 10.6. The number of nitrogens with zero attached hydrogens (tertiary/aromatic N) is 5. The van der Waals surface area contributed by atoms with Crippen LogP contribution in [0.4, 0.5) is 22.5 Å². The van der Waals surface area contributed by atoms with Crippen LogP contribution in [0.15, 0.2) is 33.9 Å². The van der Waals surface area contributed by atoms with Gasteiger partial charge in [0.1, 0.15) is 39.8 Å². The number of aliphatic carboxylic acids is 1. The molecule has 0 spiro atoms. The molecular weight excluding hydrogens is 518 g/mol. The van der Waals surface area contributed by atoms with Crippen LogP contribution in [0.2, 0.25) is 0 Å². The fourth-order valence-electron chi connectivity index (χ4n) is 3.78. The van der Waals surface area contributed by atoms with Gasteiger partial charge in [-0.2, -0.15) is 0 Å². The molecule has 2 saturated heterocycles. The van der Waals surface area contributed by atoms with Crippen LogP contribution in [0.25, 0.3) is 0 Å². The van der Waals surface area contributed by atoms with Gasteiger partial charge < -0.3 is 32.8 Å². The van der Waals surface area contributed by atoms with Crippen LogP contribution in [0.1, 0.15) is 5.69 Å². The molecule has 3 atom stereocenters. The first-order valence-corrected chi connectivity index (χ1v) is 12.6. The normalized spacial score (nSPS) is 23.6. The van der Waals surface area contributed by atoms with Crippen molar-refractivity contribution in [3.63, 3.8) is 0 Å². The van der Waals surface area contributed by atoms with Crippen LogP contribution in [-0.4, -0.2) is 71.2 Å². The summed E-state index contributed by atoms with van der Waals surface area (Å²) in [5.41, 5.74) is 17.6. The number of aromatic nitrogens is 2. The Morgan fingerprint density at radius 3 is 2.63 bits per heavy atom. The van der Waals surface area contributed by atoms with E-state index in [1.54, 1.807) is 10.4 Å². The zero-order chi connectivity index (χ0) is 25.0. The molecule has 182 valence electrons. The number of hydrogen-bond acceptors (Lipinski definition) is 14. The average Bonchev–Trinajstić information content (AvgIpc) is 3.50. The van der Waals surface area contributed by atoms with E-state index in [0.29, 0.717) is 22.8 Å². The molecule has 0 bridgehead atoms. The van der Waals surface area contributed by atoms with E-state index in [0.717, 1.165) is 16.2 Å². The van der Waals surface area contributed by atoms with Crippen molar-refractivity contribution in [2.24, 2.45) is 5.16 Å². The van der Waals surface area contributed by atoms with E-state index in [1.165, 1.54) is 35.2 Å². The van der Waals surface area contributed by atoms with Crippen LogP contribution in [0.5, 0.6) is 0 Å². The maximum atomic E-state index is 12.9. The monoisotopic (exact) mass is 535 g/mol. The molecule has 2 amide bonds. The molecule has 0 aromatic carbocycles. The summed E-state index contributed by atoms with van der Waals surface area (Å²) in [5.74, 6) is -1.66. The molecule has 0 radical (unpaired) electrons. The lowest BCUT2D eigenvalue weighted by molar-refractivity contribution is -0.150. The Morgan fingerprint density at radius 2 is 2.00 bits per heavy atom. The smallest absolute Gasteiger partial charge is 0.352 e. The maximum absolute atomic E-state index is 12.9. The number of nitrogens with two attached hydrogens (primary N) is 3. The number of carbonyl (C=O) groups is 3. The van der Waals surface area contributed by atoms with Crippen molar-refractivity contribution in [2.75, 3.05) is 27.3 Å². The van der Waals surface area contributed by atoms with E-state index in [9.17, 15) is 24.7 Å². The molecule has 0 aliphatic carbocycles. The summed E-state index contributed by atoms with van der Waals surface area (Å²) >= 11 is 3.70. The van der Waals surface area contributed by atoms with E-state index in [2.05, 4.69) is 20.4 Å². The number of thiazole rings is 1. The summed E-state index contributed by atoms with van der Waals surface area (Å²) in [5, 5.41) is 25.3. The van der Waals surface area contributed by atoms with Crippen molar-refractivity contribution in [3.8, 4) is 0 Å². The summed E-state index contributed by atoms with van der Waals surface area (Å²) in [6, 6.07) is 2.13. The number of pyridine rings is 1. The van der Waals surface area contributed by atoms with Gasteiger partial charge in [0.15, 0.2) is 10.8 Å². The molecule has 3 aliphatic rings. The molecule has 17 heteroatoms. The van der Waals surface area contributed by atoms with E-state index in [1.807, 2.05) is 0 Å².